The van der Waals surface area contributed by atoms with Gasteiger partial charge in [0, 0.05) is 18.9 Å². The van der Waals surface area contributed by atoms with E-state index >= 15 is 0 Å². The topological polar surface area (TPSA) is 66.8 Å². The number of amides is 1. The van der Waals surface area contributed by atoms with E-state index in [2.05, 4.69) is 4.99 Å². The Bertz CT molecular complexity index is 812. The predicted octanol–water partition coefficient (Wildman–Crippen LogP) is 3.33. The van der Waals surface area contributed by atoms with E-state index in [0.717, 1.165) is 4.31 Å². The van der Waals surface area contributed by atoms with Crippen LogP contribution in [0.4, 0.5) is 8.78 Å². The molecule has 2 aliphatic rings. The third-order valence-corrected chi connectivity index (χ3v) is 7.05. The normalized spacial score (nSPS) is 27.4. The van der Waals surface area contributed by atoms with Crippen LogP contribution in [0.2, 0.25) is 0 Å². The molecule has 2 fully saturated rings. The Balaban J connectivity index is 2.03. The SMILES string of the molecule is CC(C)N1C(=O)C(=NC2CCC(F)(F)CC2)C(c2ccccc2)S1(=O)=O. The molecule has 8 heteroatoms. The number of rotatable bonds is 3. The average molecular weight is 384 g/mol. The van der Waals surface area contributed by atoms with Gasteiger partial charge in [-0.3, -0.25) is 9.79 Å². The van der Waals surface area contributed by atoms with Crippen molar-refractivity contribution in [3.05, 3.63) is 35.9 Å². The number of carbonyl (C=O) groups is 1. The second kappa shape index (κ2) is 6.72. The summed E-state index contributed by atoms with van der Waals surface area (Å²) in [6.45, 7) is 3.25. The molecule has 0 N–H and O–H groups in total. The minimum absolute atomic E-state index is 0.0554. The summed E-state index contributed by atoms with van der Waals surface area (Å²) in [7, 11) is -3.95. The second-order valence-electron chi connectivity index (χ2n) is 7.13. The lowest BCUT2D eigenvalue weighted by atomic mass is 9.92. The molecular formula is C18H22F2N2O3S. The van der Waals surface area contributed by atoms with E-state index in [0.29, 0.717) is 5.56 Å². The van der Waals surface area contributed by atoms with Crippen molar-refractivity contribution in [3.8, 4) is 0 Å². The van der Waals surface area contributed by atoms with Gasteiger partial charge >= 0.3 is 0 Å². The van der Waals surface area contributed by atoms with Gasteiger partial charge in [-0.25, -0.2) is 21.5 Å². The summed E-state index contributed by atoms with van der Waals surface area (Å²) in [5.74, 6) is -3.35. The fourth-order valence-electron chi connectivity index (χ4n) is 3.55. The van der Waals surface area contributed by atoms with E-state index in [1.165, 1.54) is 0 Å². The van der Waals surface area contributed by atoms with Crippen LogP contribution in [0.25, 0.3) is 0 Å². The van der Waals surface area contributed by atoms with Crippen molar-refractivity contribution in [1.82, 2.24) is 4.31 Å². The minimum atomic E-state index is -3.95. The summed E-state index contributed by atoms with van der Waals surface area (Å²) < 4.78 is 53.6. The van der Waals surface area contributed by atoms with Crippen LogP contribution in [0.15, 0.2) is 35.3 Å². The van der Waals surface area contributed by atoms with Gasteiger partial charge in [-0.15, -0.1) is 0 Å². The first-order chi connectivity index (χ1) is 12.1. The van der Waals surface area contributed by atoms with Gasteiger partial charge in [-0.05, 0) is 32.3 Å². The van der Waals surface area contributed by atoms with Crippen molar-refractivity contribution < 1.29 is 22.0 Å². The highest BCUT2D eigenvalue weighted by atomic mass is 32.2. The molecule has 1 aromatic rings. The first-order valence-electron chi connectivity index (χ1n) is 8.71. The van der Waals surface area contributed by atoms with Crippen LogP contribution in [-0.2, 0) is 14.8 Å². The summed E-state index contributed by atoms with van der Waals surface area (Å²) in [5.41, 5.74) is 0.406. The summed E-state index contributed by atoms with van der Waals surface area (Å²) >= 11 is 0. The van der Waals surface area contributed by atoms with Gasteiger partial charge in [0.2, 0.25) is 5.92 Å². The Morgan fingerprint density at radius 3 is 2.27 bits per heavy atom. The van der Waals surface area contributed by atoms with Crippen LogP contribution in [0, 0.1) is 0 Å². The number of carbonyl (C=O) groups excluding carboxylic acids is 1. The molecule has 1 aliphatic carbocycles. The van der Waals surface area contributed by atoms with Crippen molar-refractivity contribution in [2.75, 3.05) is 0 Å². The van der Waals surface area contributed by atoms with E-state index in [4.69, 9.17) is 0 Å². The lowest BCUT2D eigenvalue weighted by Crippen LogP contribution is -2.37. The van der Waals surface area contributed by atoms with Crippen molar-refractivity contribution in [2.24, 2.45) is 4.99 Å². The number of halogens is 2. The molecule has 1 aromatic carbocycles. The number of sulfonamides is 1. The highest BCUT2D eigenvalue weighted by Crippen LogP contribution is 2.39. The maximum Gasteiger partial charge on any atom is 0.283 e. The molecule has 0 spiro atoms. The molecule has 3 rings (SSSR count). The van der Waals surface area contributed by atoms with Gasteiger partial charge in [0.1, 0.15) is 5.71 Å². The van der Waals surface area contributed by atoms with Crippen LogP contribution in [0.5, 0.6) is 0 Å². The fourth-order valence-corrected chi connectivity index (χ4v) is 5.64. The molecule has 1 amide bonds. The maximum absolute atomic E-state index is 13.4. The number of alkyl halides is 2. The quantitative estimate of drug-likeness (QED) is 0.803. The summed E-state index contributed by atoms with van der Waals surface area (Å²) in [6.07, 6.45) is -0.293. The van der Waals surface area contributed by atoms with Crippen molar-refractivity contribution in [2.45, 2.75) is 62.8 Å². The largest absolute Gasteiger partial charge is 0.283 e. The van der Waals surface area contributed by atoms with Crippen molar-refractivity contribution in [1.29, 1.82) is 0 Å². The molecule has 1 heterocycles. The molecule has 5 nitrogen and oxygen atoms in total. The lowest BCUT2D eigenvalue weighted by Gasteiger charge is -2.26. The maximum atomic E-state index is 13.4. The van der Waals surface area contributed by atoms with Crippen LogP contribution >= 0.6 is 0 Å². The van der Waals surface area contributed by atoms with Crippen LogP contribution in [-0.4, -0.2) is 42.3 Å². The Kier molecular flexibility index (Phi) is 4.90. The molecular weight excluding hydrogens is 362 g/mol. The second-order valence-corrected chi connectivity index (χ2v) is 9.03. The molecule has 1 saturated carbocycles. The van der Waals surface area contributed by atoms with E-state index in [1.807, 2.05) is 0 Å². The van der Waals surface area contributed by atoms with Crippen molar-refractivity contribution in [3.63, 3.8) is 0 Å². The van der Waals surface area contributed by atoms with E-state index in [9.17, 15) is 22.0 Å². The van der Waals surface area contributed by atoms with Crippen LogP contribution < -0.4 is 0 Å². The molecule has 1 unspecified atom stereocenters. The molecule has 142 valence electrons. The molecule has 1 saturated heterocycles. The van der Waals surface area contributed by atoms with Gasteiger partial charge in [-0.1, -0.05) is 30.3 Å². The highest BCUT2D eigenvalue weighted by molar-refractivity contribution is 7.91. The van der Waals surface area contributed by atoms with Gasteiger partial charge in [0.25, 0.3) is 15.9 Å². The number of nitrogens with zero attached hydrogens (tertiary/aromatic N) is 2. The number of hydrogen-bond acceptors (Lipinski definition) is 4. The Hall–Kier alpha value is -1.83. The van der Waals surface area contributed by atoms with Gasteiger partial charge in [0.05, 0.1) is 6.04 Å². The average Bonchev–Trinajstić information content (AvgIpc) is 2.75. The van der Waals surface area contributed by atoms with E-state index in [-0.39, 0.29) is 31.4 Å². The molecule has 0 radical (unpaired) electrons. The third-order valence-electron chi connectivity index (χ3n) is 4.82. The number of benzene rings is 1. The first kappa shape index (κ1) is 18.9. The summed E-state index contributed by atoms with van der Waals surface area (Å²) in [6, 6.07) is 7.45. The van der Waals surface area contributed by atoms with Crippen molar-refractivity contribution >= 4 is 21.6 Å². The standard InChI is InChI=1S/C18H22F2N2O3S/c1-12(2)22-17(23)15(21-14-8-10-18(19,20)11-9-14)16(26(22,24)25)13-6-4-3-5-7-13/h3-7,12,14,16H,8-11H2,1-2H3. The zero-order valence-electron chi connectivity index (χ0n) is 14.7. The third kappa shape index (κ3) is 3.39. The smallest absolute Gasteiger partial charge is 0.279 e. The predicted molar refractivity (Wildman–Crippen MR) is 94.7 cm³/mol. The summed E-state index contributed by atoms with van der Waals surface area (Å²) in [5, 5.41) is -1.18. The fraction of sp³-hybridized carbons (Fsp3) is 0.556. The first-order valence-corrected chi connectivity index (χ1v) is 10.2. The highest BCUT2D eigenvalue weighted by Gasteiger charge is 2.52. The van der Waals surface area contributed by atoms with Gasteiger partial charge in [-0.2, -0.15) is 0 Å². The van der Waals surface area contributed by atoms with E-state index in [1.54, 1.807) is 44.2 Å². The monoisotopic (exact) mass is 384 g/mol. The Morgan fingerprint density at radius 2 is 1.73 bits per heavy atom. The minimum Gasteiger partial charge on any atom is -0.279 e. The Labute approximate surface area is 152 Å². The molecule has 1 aliphatic heterocycles. The lowest BCUT2D eigenvalue weighted by molar-refractivity contribution is -0.120. The van der Waals surface area contributed by atoms with E-state index < -0.39 is 39.2 Å². The van der Waals surface area contributed by atoms with Gasteiger partial charge < -0.3 is 0 Å². The zero-order valence-corrected chi connectivity index (χ0v) is 15.5. The van der Waals surface area contributed by atoms with Crippen LogP contribution in [0.3, 0.4) is 0 Å². The molecule has 26 heavy (non-hydrogen) atoms. The summed E-state index contributed by atoms with van der Waals surface area (Å²) in [4.78, 5) is 17.2. The zero-order chi connectivity index (χ0) is 19.1. The van der Waals surface area contributed by atoms with Crippen LogP contribution in [0.1, 0.15) is 50.3 Å². The molecule has 0 bridgehead atoms. The van der Waals surface area contributed by atoms with Gasteiger partial charge in [0.15, 0.2) is 5.25 Å². The number of hydrogen-bond donors (Lipinski definition) is 0. The molecule has 1 atom stereocenters. The Morgan fingerprint density at radius 1 is 1.15 bits per heavy atom. The molecule has 0 aromatic heterocycles. The number of aliphatic imine (C=N–C) groups is 1.